The van der Waals surface area contributed by atoms with Crippen molar-refractivity contribution in [2.45, 2.75) is 39.3 Å². The summed E-state index contributed by atoms with van der Waals surface area (Å²) < 4.78 is 5.89. The molecule has 0 fully saturated rings. The van der Waals surface area contributed by atoms with Gasteiger partial charge in [-0.25, -0.2) is 0 Å². The lowest BCUT2D eigenvalue weighted by Crippen LogP contribution is -2.43. The van der Waals surface area contributed by atoms with Crippen molar-refractivity contribution < 1.29 is 9.53 Å². The van der Waals surface area contributed by atoms with E-state index in [-0.39, 0.29) is 11.9 Å². The molecule has 0 N–H and O–H groups in total. The summed E-state index contributed by atoms with van der Waals surface area (Å²) in [7, 11) is 0. The molecule has 3 heteroatoms. The average molecular weight is 295 g/mol. The van der Waals surface area contributed by atoms with E-state index in [9.17, 15) is 4.79 Å². The van der Waals surface area contributed by atoms with Crippen LogP contribution in [0.4, 0.5) is 5.69 Å². The zero-order valence-corrected chi connectivity index (χ0v) is 13.2. The maximum atomic E-state index is 12.8. The van der Waals surface area contributed by atoms with Crippen LogP contribution in [0.15, 0.2) is 48.5 Å². The molecule has 1 aliphatic heterocycles. The molecule has 2 atom stereocenters. The maximum absolute atomic E-state index is 12.8. The first-order chi connectivity index (χ1) is 10.6. The van der Waals surface area contributed by atoms with Gasteiger partial charge in [0.25, 0.3) is 5.91 Å². The van der Waals surface area contributed by atoms with Gasteiger partial charge in [0.05, 0.1) is 0 Å². The van der Waals surface area contributed by atoms with Crippen molar-refractivity contribution in [3.63, 3.8) is 0 Å². The molecule has 0 saturated carbocycles. The van der Waals surface area contributed by atoms with Gasteiger partial charge in [-0.05, 0) is 50.5 Å². The molecule has 1 amide bonds. The summed E-state index contributed by atoms with van der Waals surface area (Å²) in [5.74, 6) is 0.782. The molecular formula is C19H21NO2. The topological polar surface area (TPSA) is 29.5 Å². The fourth-order valence-corrected chi connectivity index (χ4v) is 3.03. The zero-order valence-electron chi connectivity index (χ0n) is 13.2. The number of hydrogen-bond donors (Lipinski definition) is 0. The van der Waals surface area contributed by atoms with Crippen molar-refractivity contribution in [1.82, 2.24) is 0 Å². The predicted octanol–water partition coefficient (Wildman–Crippen LogP) is 3.74. The van der Waals surface area contributed by atoms with E-state index < -0.39 is 6.10 Å². The first-order valence-electron chi connectivity index (χ1n) is 7.71. The SMILES string of the molecule is Cc1ccccc1O[C@H](C)C(=O)N1c2ccccc2C[C@H]1C. The number of anilines is 1. The number of aryl methyl sites for hydroxylation is 1. The molecular weight excluding hydrogens is 274 g/mol. The first-order valence-corrected chi connectivity index (χ1v) is 7.71. The standard InChI is InChI=1S/C19H21NO2/c1-13-8-4-7-11-18(13)22-15(3)19(21)20-14(2)12-16-9-5-6-10-17(16)20/h4-11,14-15H,12H2,1-3H3/t14-,15-/m1/s1. The number of fused-ring (bicyclic) bond motifs is 1. The monoisotopic (exact) mass is 295 g/mol. The number of amides is 1. The van der Waals surface area contributed by atoms with E-state index in [4.69, 9.17) is 4.74 Å². The second kappa shape index (κ2) is 5.84. The molecule has 0 aliphatic carbocycles. The van der Waals surface area contributed by atoms with Crippen LogP contribution in [0.2, 0.25) is 0 Å². The Hall–Kier alpha value is -2.29. The van der Waals surface area contributed by atoms with Crippen molar-refractivity contribution >= 4 is 11.6 Å². The number of hydrogen-bond acceptors (Lipinski definition) is 2. The lowest BCUT2D eigenvalue weighted by atomic mass is 10.1. The average Bonchev–Trinajstić information content (AvgIpc) is 2.84. The van der Waals surface area contributed by atoms with E-state index >= 15 is 0 Å². The highest BCUT2D eigenvalue weighted by atomic mass is 16.5. The Labute approximate surface area is 131 Å². The highest BCUT2D eigenvalue weighted by molar-refractivity contribution is 5.99. The highest BCUT2D eigenvalue weighted by Gasteiger charge is 2.33. The fraction of sp³-hybridized carbons (Fsp3) is 0.316. The van der Waals surface area contributed by atoms with Crippen LogP contribution in [-0.2, 0) is 11.2 Å². The molecule has 2 aromatic carbocycles. The fourth-order valence-electron chi connectivity index (χ4n) is 3.03. The summed E-state index contributed by atoms with van der Waals surface area (Å²) in [5, 5.41) is 0. The van der Waals surface area contributed by atoms with Gasteiger partial charge in [-0.1, -0.05) is 36.4 Å². The van der Waals surface area contributed by atoms with Gasteiger partial charge in [0.1, 0.15) is 5.75 Å². The van der Waals surface area contributed by atoms with E-state index in [0.29, 0.717) is 0 Å². The normalized spacial score (nSPS) is 18.0. The summed E-state index contributed by atoms with van der Waals surface area (Å²) in [5.41, 5.74) is 3.28. The van der Waals surface area contributed by atoms with Crippen molar-refractivity contribution in [3.05, 3.63) is 59.7 Å². The summed E-state index contributed by atoms with van der Waals surface area (Å²) in [4.78, 5) is 14.7. The summed E-state index contributed by atoms with van der Waals surface area (Å²) in [6.07, 6.45) is 0.397. The molecule has 0 unspecified atom stereocenters. The predicted molar refractivity (Wildman–Crippen MR) is 88.4 cm³/mol. The van der Waals surface area contributed by atoms with Crippen molar-refractivity contribution in [1.29, 1.82) is 0 Å². The van der Waals surface area contributed by atoms with Crippen LogP contribution in [0.1, 0.15) is 25.0 Å². The Morgan fingerprint density at radius 2 is 1.86 bits per heavy atom. The summed E-state index contributed by atoms with van der Waals surface area (Å²) >= 11 is 0. The largest absolute Gasteiger partial charge is 0.481 e. The molecule has 1 aliphatic rings. The van der Waals surface area contributed by atoms with Gasteiger partial charge < -0.3 is 9.64 Å². The van der Waals surface area contributed by atoms with Gasteiger partial charge in [-0.15, -0.1) is 0 Å². The molecule has 22 heavy (non-hydrogen) atoms. The van der Waals surface area contributed by atoms with Gasteiger partial charge in [-0.2, -0.15) is 0 Å². The van der Waals surface area contributed by atoms with Crippen molar-refractivity contribution in [3.8, 4) is 5.75 Å². The minimum atomic E-state index is -0.505. The number of rotatable bonds is 3. The van der Waals surface area contributed by atoms with Crippen molar-refractivity contribution in [2.24, 2.45) is 0 Å². The Morgan fingerprint density at radius 3 is 2.64 bits per heavy atom. The van der Waals surface area contributed by atoms with Gasteiger partial charge in [0.15, 0.2) is 6.10 Å². The summed E-state index contributed by atoms with van der Waals surface area (Å²) in [6.45, 7) is 5.89. The highest BCUT2D eigenvalue weighted by Crippen LogP contribution is 2.32. The summed E-state index contributed by atoms with van der Waals surface area (Å²) in [6, 6.07) is 16.1. The third-order valence-electron chi connectivity index (χ3n) is 4.19. The molecule has 0 spiro atoms. The number of nitrogens with zero attached hydrogens (tertiary/aromatic N) is 1. The lowest BCUT2D eigenvalue weighted by Gasteiger charge is -2.26. The van der Waals surface area contributed by atoms with Gasteiger partial charge in [-0.3, -0.25) is 4.79 Å². The number of ether oxygens (including phenoxy) is 1. The van der Waals surface area contributed by atoms with Gasteiger partial charge in [0, 0.05) is 11.7 Å². The van der Waals surface area contributed by atoms with Crippen LogP contribution in [0.25, 0.3) is 0 Å². The van der Waals surface area contributed by atoms with E-state index in [1.165, 1.54) is 5.56 Å². The van der Waals surface area contributed by atoms with Crippen LogP contribution >= 0.6 is 0 Å². The van der Waals surface area contributed by atoms with E-state index in [1.807, 2.05) is 61.2 Å². The molecule has 0 saturated heterocycles. The molecule has 3 rings (SSSR count). The Morgan fingerprint density at radius 1 is 1.18 bits per heavy atom. The molecule has 114 valence electrons. The molecule has 1 heterocycles. The molecule has 3 nitrogen and oxygen atoms in total. The third kappa shape index (κ3) is 2.59. The minimum absolute atomic E-state index is 0.0145. The van der Waals surface area contributed by atoms with Crippen molar-refractivity contribution in [2.75, 3.05) is 4.90 Å². The van der Waals surface area contributed by atoms with Crippen LogP contribution in [0, 0.1) is 6.92 Å². The second-order valence-electron chi connectivity index (χ2n) is 5.92. The number of carbonyl (C=O) groups is 1. The Bertz CT molecular complexity index is 695. The Balaban J connectivity index is 1.81. The molecule has 0 bridgehead atoms. The second-order valence-corrected chi connectivity index (χ2v) is 5.92. The first kappa shape index (κ1) is 14.6. The van der Waals surface area contributed by atoms with Crippen LogP contribution in [-0.4, -0.2) is 18.1 Å². The smallest absolute Gasteiger partial charge is 0.268 e. The van der Waals surface area contributed by atoms with Crippen LogP contribution in [0.5, 0.6) is 5.75 Å². The zero-order chi connectivity index (χ0) is 15.7. The van der Waals surface area contributed by atoms with E-state index in [1.54, 1.807) is 0 Å². The van der Waals surface area contributed by atoms with Crippen LogP contribution in [0.3, 0.4) is 0 Å². The minimum Gasteiger partial charge on any atom is -0.481 e. The van der Waals surface area contributed by atoms with Crippen LogP contribution < -0.4 is 9.64 Å². The lowest BCUT2D eigenvalue weighted by molar-refractivity contribution is -0.124. The van der Waals surface area contributed by atoms with E-state index in [0.717, 1.165) is 23.4 Å². The Kier molecular flexibility index (Phi) is 3.88. The number of para-hydroxylation sites is 2. The maximum Gasteiger partial charge on any atom is 0.268 e. The van der Waals surface area contributed by atoms with Gasteiger partial charge in [0.2, 0.25) is 0 Å². The number of benzene rings is 2. The molecule has 2 aromatic rings. The van der Waals surface area contributed by atoms with Gasteiger partial charge >= 0.3 is 0 Å². The molecule has 0 radical (unpaired) electrons. The third-order valence-corrected chi connectivity index (χ3v) is 4.19. The number of carbonyl (C=O) groups excluding carboxylic acids is 1. The van der Waals surface area contributed by atoms with E-state index in [2.05, 4.69) is 13.0 Å². The molecule has 0 aromatic heterocycles. The quantitative estimate of drug-likeness (QED) is 0.863.